The van der Waals surface area contributed by atoms with Crippen LogP contribution in [-0.2, 0) is 21.9 Å². The first-order valence-electron chi connectivity index (χ1n) is 17.0. The van der Waals surface area contributed by atoms with Crippen LogP contribution in [0, 0.1) is 22.7 Å². The van der Waals surface area contributed by atoms with E-state index in [-0.39, 0.29) is 47.1 Å². The number of ketones is 1. The molecule has 11 nitrogen and oxygen atoms in total. The second-order valence-electron chi connectivity index (χ2n) is 12.9. The summed E-state index contributed by atoms with van der Waals surface area (Å²) in [4.78, 5) is 51.7. The van der Waals surface area contributed by atoms with E-state index in [1.54, 1.807) is 24.3 Å². The molecular formula is C42H34F6N6O5. The monoisotopic (exact) mass is 816 g/mol. The second kappa shape index (κ2) is 17.4. The molecule has 2 aliphatic rings. The second-order valence-corrected chi connectivity index (χ2v) is 12.9. The predicted molar refractivity (Wildman–Crippen MR) is 203 cm³/mol. The molecule has 2 aliphatic heterocycles. The van der Waals surface area contributed by atoms with Crippen LogP contribution in [0.3, 0.4) is 0 Å². The number of allylic oxidation sites excluding steroid dienone is 2. The molecule has 0 radical (unpaired) electrons. The standard InChI is InChI=1S/C21H16F3N3O2.C20H14F3N3O3.CH4/c1-12-18(13(2)28)19(15-8-6-14(11-25)7-9-15)26-20(29)27(12)17-5-3-4-16(10-17)21(22,23)24;1-11-16(18(27)28)17(13-7-5-12(10-24)6-8-13)25-19(29)26(11)15-4-2-3-14(9-15)20(21,22)23;/h3-10,19H,1-2H3,(H,26,29);2-9,17H,1H3,(H,25,29)(H,27,28);1H4/t19-;17-;/m11./s1. The third-order valence-electron chi connectivity index (χ3n) is 9.19. The van der Waals surface area contributed by atoms with Crippen LogP contribution in [0.25, 0.3) is 0 Å². The number of alkyl halides is 6. The molecule has 4 aromatic carbocycles. The Labute approximate surface area is 334 Å². The number of nitriles is 2. The smallest absolute Gasteiger partial charge is 0.416 e. The van der Waals surface area contributed by atoms with Gasteiger partial charge in [-0.05, 0) is 92.6 Å². The van der Waals surface area contributed by atoms with Gasteiger partial charge in [-0.3, -0.25) is 14.6 Å². The van der Waals surface area contributed by atoms with Crippen LogP contribution in [0.15, 0.2) is 120 Å². The molecule has 0 aliphatic carbocycles. The molecule has 59 heavy (non-hydrogen) atoms. The number of halogens is 6. The summed E-state index contributed by atoms with van der Waals surface area (Å²) in [5, 5.41) is 32.7. The van der Waals surface area contributed by atoms with Crippen molar-refractivity contribution in [2.45, 2.75) is 52.6 Å². The number of carbonyl (C=O) groups is 4. The van der Waals surface area contributed by atoms with Crippen molar-refractivity contribution in [1.82, 2.24) is 10.6 Å². The molecule has 2 atom stereocenters. The number of Topliss-reactive ketones (excluding diaryl/α,β-unsaturated/α-hetero) is 1. The van der Waals surface area contributed by atoms with Gasteiger partial charge in [0, 0.05) is 17.0 Å². The Balaban J connectivity index is 0.000000256. The van der Waals surface area contributed by atoms with Crippen LogP contribution >= 0.6 is 0 Å². The molecule has 0 aromatic heterocycles. The Hall–Kier alpha value is -7.40. The van der Waals surface area contributed by atoms with E-state index in [4.69, 9.17) is 10.5 Å². The molecule has 6 rings (SSSR count). The number of urea groups is 2. The Kier molecular flexibility index (Phi) is 13.1. The molecule has 2 heterocycles. The van der Waals surface area contributed by atoms with E-state index in [9.17, 15) is 50.6 Å². The number of hydrogen-bond donors (Lipinski definition) is 3. The van der Waals surface area contributed by atoms with Crippen LogP contribution in [-0.4, -0.2) is 28.9 Å². The molecule has 0 bridgehead atoms. The van der Waals surface area contributed by atoms with Gasteiger partial charge in [0.15, 0.2) is 5.78 Å². The number of nitrogens with one attached hydrogen (secondary N) is 2. The minimum atomic E-state index is -4.61. The van der Waals surface area contributed by atoms with Crippen molar-refractivity contribution in [3.8, 4) is 12.1 Å². The number of carbonyl (C=O) groups excluding carboxylic acids is 3. The third-order valence-corrected chi connectivity index (χ3v) is 9.19. The zero-order valence-corrected chi connectivity index (χ0v) is 30.5. The Morgan fingerprint density at radius 3 is 1.32 bits per heavy atom. The zero-order valence-electron chi connectivity index (χ0n) is 30.5. The topological polar surface area (TPSA) is 167 Å². The van der Waals surface area contributed by atoms with Crippen LogP contribution in [0.1, 0.15) is 73.7 Å². The highest BCUT2D eigenvalue weighted by molar-refractivity contribution is 6.05. The fraction of sp³-hybridized carbons (Fsp3) is 0.190. The minimum absolute atomic E-state index is 0. The van der Waals surface area contributed by atoms with Gasteiger partial charge in [0.1, 0.15) is 0 Å². The number of amides is 4. The number of benzene rings is 4. The number of carboxylic acids is 1. The Morgan fingerprint density at radius 1 is 0.644 bits per heavy atom. The van der Waals surface area contributed by atoms with Crippen molar-refractivity contribution < 1.29 is 50.6 Å². The number of carboxylic acid groups (broad SMARTS) is 1. The molecule has 0 fully saturated rings. The van der Waals surface area contributed by atoms with Crippen molar-refractivity contribution >= 4 is 35.2 Å². The van der Waals surface area contributed by atoms with E-state index in [1.807, 2.05) is 12.1 Å². The van der Waals surface area contributed by atoms with E-state index in [0.29, 0.717) is 22.3 Å². The number of rotatable bonds is 6. The van der Waals surface area contributed by atoms with Crippen LogP contribution in [0.4, 0.5) is 47.3 Å². The van der Waals surface area contributed by atoms with Crippen LogP contribution < -0.4 is 20.4 Å². The van der Waals surface area contributed by atoms with Crippen molar-refractivity contribution in [1.29, 1.82) is 10.5 Å². The molecule has 3 N–H and O–H groups in total. The van der Waals surface area contributed by atoms with Crippen LogP contribution in [0.2, 0.25) is 0 Å². The lowest BCUT2D eigenvalue weighted by Crippen LogP contribution is -2.48. The van der Waals surface area contributed by atoms with Crippen molar-refractivity contribution in [3.05, 3.63) is 153 Å². The van der Waals surface area contributed by atoms with Crippen molar-refractivity contribution in [2.75, 3.05) is 9.80 Å². The maximum atomic E-state index is 13.1. The van der Waals surface area contributed by atoms with Crippen molar-refractivity contribution in [2.24, 2.45) is 0 Å². The highest BCUT2D eigenvalue weighted by Gasteiger charge is 2.39. The summed E-state index contributed by atoms with van der Waals surface area (Å²) >= 11 is 0. The maximum Gasteiger partial charge on any atom is 0.416 e. The summed E-state index contributed by atoms with van der Waals surface area (Å²) in [7, 11) is 0. The lowest BCUT2D eigenvalue weighted by Gasteiger charge is -2.35. The fourth-order valence-electron chi connectivity index (χ4n) is 6.48. The van der Waals surface area contributed by atoms with E-state index >= 15 is 0 Å². The molecule has 0 saturated carbocycles. The molecule has 4 amide bonds. The van der Waals surface area contributed by atoms with Gasteiger partial charge in [-0.2, -0.15) is 36.9 Å². The van der Waals surface area contributed by atoms with Crippen LogP contribution in [0.5, 0.6) is 0 Å². The highest BCUT2D eigenvalue weighted by Crippen LogP contribution is 2.38. The molecule has 0 unspecified atom stereocenters. The van der Waals surface area contributed by atoms with E-state index in [1.165, 1.54) is 63.2 Å². The Bertz CT molecular complexity index is 2270. The summed E-state index contributed by atoms with van der Waals surface area (Å²) in [5.41, 5.74) is 0.159. The lowest BCUT2D eigenvalue weighted by atomic mass is 9.91. The molecule has 304 valence electrons. The average molecular weight is 817 g/mol. The summed E-state index contributed by atoms with van der Waals surface area (Å²) in [6, 6.07) is 21.5. The van der Waals surface area contributed by atoms with Gasteiger partial charge in [-0.15, -0.1) is 0 Å². The molecule has 0 saturated heterocycles. The zero-order chi connectivity index (χ0) is 42.7. The quantitative estimate of drug-likeness (QED) is 0.163. The highest BCUT2D eigenvalue weighted by atomic mass is 19.4. The fourth-order valence-corrected chi connectivity index (χ4v) is 6.48. The third kappa shape index (κ3) is 9.43. The normalized spacial score (nSPS) is 16.7. The minimum Gasteiger partial charge on any atom is -0.478 e. The summed E-state index contributed by atoms with van der Waals surface area (Å²) in [6.07, 6.45) is -9.17. The van der Waals surface area contributed by atoms with Gasteiger partial charge in [0.2, 0.25) is 0 Å². The number of nitrogens with zero attached hydrogens (tertiary/aromatic N) is 4. The van der Waals surface area contributed by atoms with Gasteiger partial charge in [0.25, 0.3) is 0 Å². The first kappa shape index (κ1) is 44.3. The van der Waals surface area contributed by atoms with Gasteiger partial charge in [0.05, 0.1) is 63.4 Å². The first-order valence-corrected chi connectivity index (χ1v) is 17.0. The summed E-state index contributed by atoms with van der Waals surface area (Å²) < 4.78 is 78.3. The molecular weight excluding hydrogens is 782 g/mol. The maximum absolute atomic E-state index is 13.1. The molecule has 4 aromatic rings. The average Bonchev–Trinajstić information content (AvgIpc) is 3.17. The summed E-state index contributed by atoms with van der Waals surface area (Å²) in [5.74, 6) is -1.65. The van der Waals surface area contributed by atoms with Gasteiger partial charge >= 0.3 is 30.4 Å². The lowest BCUT2D eigenvalue weighted by molar-refractivity contribution is -0.138. The predicted octanol–water partition coefficient (Wildman–Crippen LogP) is 9.55. The largest absolute Gasteiger partial charge is 0.478 e. The number of hydrogen-bond acceptors (Lipinski definition) is 6. The van der Waals surface area contributed by atoms with E-state index in [2.05, 4.69) is 10.6 Å². The molecule has 17 heteroatoms. The van der Waals surface area contributed by atoms with E-state index < -0.39 is 53.6 Å². The van der Waals surface area contributed by atoms with Gasteiger partial charge in [-0.1, -0.05) is 43.8 Å². The number of aliphatic carboxylic acids is 1. The summed E-state index contributed by atoms with van der Waals surface area (Å²) in [6.45, 7) is 4.21. The van der Waals surface area contributed by atoms with Crippen molar-refractivity contribution in [3.63, 3.8) is 0 Å². The first-order chi connectivity index (χ1) is 27.3. The SMILES string of the molecule is C.CC(=O)C1=C(C)N(c2cccc(C(F)(F)F)c2)C(=O)N[C@@H]1c1ccc(C#N)cc1.CC1=C(C(=O)O)[C@@H](c2ccc(C#N)cc2)NC(=O)N1c1cccc(C(F)(F)F)c1. The Morgan fingerprint density at radius 2 is 1.00 bits per heavy atom. The number of anilines is 2. The van der Waals surface area contributed by atoms with Gasteiger partial charge in [-0.25, -0.2) is 14.4 Å². The van der Waals surface area contributed by atoms with Gasteiger partial charge < -0.3 is 15.7 Å². The molecule has 0 spiro atoms. The van der Waals surface area contributed by atoms with E-state index in [0.717, 1.165) is 40.1 Å².